The summed E-state index contributed by atoms with van der Waals surface area (Å²) in [4.78, 5) is 24.4. The largest absolute Gasteiger partial charge is 0.481 e. The number of nitrogens with zero attached hydrogens (tertiary/aromatic N) is 1. The smallest absolute Gasteiger partial charge is 0.317 e. The normalized spacial score (nSPS) is 24.6. The molecule has 0 spiro atoms. The Labute approximate surface area is 113 Å². The Kier molecular flexibility index (Phi) is 5.17. The Morgan fingerprint density at radius 1 is 1.42 bits per heavy atom. The molecule has 1 heterocycles. The van der Waals surface area contributed by atoms with E-state index in [2.05, 4.69) is 5.32 Å². The van der Waals surface area contributed by atoms with Crippen molar-refractivity contribution in [3.8, 4) is 0 Å². The lowest BCUT2D eigenvalue weighted by atomic mass is 9.97. The minimum atomic E-state index is -0.887. The minimum absolute atomic E-state index is 0.130. The van der Waals surface area contributed by atoms with Gasteiger partial charge in [0.15, 0.2) is 0 Å². The van der Waals surface area contributed by atoms with Crippen molar-refractivity contribution in [1.82, 2.24) is 10.2 Å². The number of likely N-dealkylation sites (tertiary alicyclic amines) is 1. The van der Waals surface area contributed by atoms with E-state index < -0.39 is 17.5 Å². The highest BCUT2D eigenvalue weighted by Crippen LogP contribution is 2.20. The maximum atomic E-state index is 11.9. The van der Waals surface area contributed by atoms with Crippen molar-refractivity contribution in [1.29, 1.82) is 0 Å². The lowest BCUT2D eigenvalue weighted by Gasteiger charge is -2.21. The summed E-state index contributed by atoms with van der Waals surface area (Å²) in [5, 5.41) is 21.5. The number of nitrogens with one attached hydrogen (secondary N) is 1. The molecule has 0 radical (unpaired) electrons. The predicted molar refractivity (Wildman–Crippen MR) is 70.8 cm³/mol. The maximum absolute atomic E-state index is 11.9. The van der Waals surface area contributed by atoms with Gasteiger partial charge in [0.05, 0.1) is 18.1 Å². The molecule has 1 aliphatic rings. The molecule has 0 aliphatic carbocycles. The van der Waals surface area contributed by atoms with Crippen LogP contribution in [0.2, 0.25) is 0 Å². The van der Waals surface area contributed by atoms with E-state index in [-0.39, 0.29) is 18.5 Å². The molecular formula is C13H24N2O4. The van der Waals surface area contributed by atoms with Gasteiger partial charge in [0.1, 0.15) is 0 Å². The molecule has 0 aromatic rings. The number of hydrogen-bond acceptors (Lipinski definition) is 3. The van der Waals surface area contributed by atoms with E-state index in [0.29, 0.717) is 25.9 Å². The molecule has 0 bridgehead atoms. The molecule has 6 heteroatoms. The van der Waals surface area contributed by atoms with Crippen molar-refractivity contribution in [2.75, 3.05) is 19.6 Å². The first kappa shape index (κ1) is 15.8. The summed E-state index contributed by atoms with van der Waals surface area (Å²) in [6, 6.07) is -0.298. The van der Waals surface area contributed by atoms with Crippen LogP contribution < -0.4 is 5.32 Å². The summed E-state index contributed by atoms with van der Waals surface area (Å²) in [7, 11) is 0. The van der Waals surface area contributed by atoms with Gasteiger partial charge in [-0.25, -0.2) is 4.79 Å². The monoisotopic (exact) mass is 272 g/mol. The number of urea groups is 1. The van der Waals surface area contributed by atoms with Crippen LogP contribution in [0.3, 0.4) is 0 Å². The summed E-state index contributed by atoms with van der Waals surface area (Å²) in [5.74, 6) is -1.18. The molecule has 2 unspecified atom stereocenters. The lowest BCUT2D eigenvalue weighted by Crippen LogP contribution is -2.43. The number of amides is 2. The van der Waals surface area contributed by atoms with Crippen molar-refractivity contribution in [2.24, 2.45) is 11.8 Å². The van der Waals surface area contributed by atoms with Gasteiger partial charge in [-0.3, -0.25) is 4.79 Å². The van der Waals surface area contributed by atoms with Gasteiger partial charge in [-0.1, -0.05) is 13.8 Å². The van der Waals surface area contributed by atoms with Crippen LogP contribution in [-0.4, -0.2) is 52.3 Å². The molecule has 1 rings (SSSR count). The van der Waals surface area contributed by atoms with Crippen LogP contribution >= 0.6 is 0 Å². The van der Waals surface area contributed by atoms with Gasteiger partial charge in [0, 0.05) is 13.1 Å². The van der Waals surface area contributed by atoms with Crippen LogP contribution in [0, 0.1) is 11.8 Å². The van der Waals surface area contributed by atoms with E-state index in [4.69, 9.17) is 5.11 Å². The molecule has 110 valence electrons. The Bertz CT molecular complexity index is 342. The van der Waals surface area contributed by atoms with Crippen LogP contribution in [-0.2, 0) is 4.79 Å². The Morgan fingerprint density at radius 3 is 2.47 bits per heavy atom. The Morgan fingerprint density at radius 2 is 2.05 bits per heavy atom. The number of aliphatic carboxylic acids is 1. The zero-order chi connectivity index (χ0) is 14.6. The van der Waals surface area contributed by atoms with Crippen molar-refractivity contribution in [3.63, 3.8) is 0 Å². The first-order valence-electron chi connectivity index (χ1n) is 6.69. The minimum Gasteiger partial charge on any atom is -0.481 e. The molecule has 0 aromatic heterocycles. The SMILES string of the molecule is CC(C)CC(CNC(=O)N1CCC(C)(O)C1)C(=O)O. The average Bonchev–Trinajstić information content (AvgIpc) is 2.63. The van der Waals surface area contributed by atoms with Gasteiger partial charge in [-0.2, -0.15) is 0 Å². The zero-order valence-electron chi connectivity index (χ0n) is 11.8. The van der Waals surface area contributed by atoms with Crippen LogP contribution in [0.5, 0.6) is 0 Å². The molecular weight excluding hydrogens is 248 g/mol. The first-order valence-corrected chi connectivity index (χ1v) is 6.69. The van der Waals surface area contributed by atoms with Gasteiger partial charge in [-0.05, 0) is 25.7 Å². The molecule has 1 saturated heterocycles. The highest BCUT2D eigenvalue weighted by atomic mass is 16.4. The lowest BCUT2D eigenvalue weighted by molar-refractivity contribution is -0.142. The van der Waals surface area contributed by atoms with Crippen molar-refractivity contribution >= 4 is 12.0 Å². The second-order valence-electron chi connectivity index (χ2n) is 6.02. The highest BCUT2D eigenvalue weighted by Gasteiger charge is 2.34. The molecule has 19 heavy (non-hydrogen) atoms. The average molecular weight is 272 g/mol. The second kappa shape index (κ2) is 6.23. The number of carbonyl (C=O) groups is 2. The second-order valence-corrected chi connectivity index (χ2v) is 6.02. The molecule has 0 saturated carbocycles. The van der Waals surface area contributed by atoms with Gasteiger partial charge in [-0.15, -0.1) is 0 Å². The number of carboxylic acids is 1. The fraction of sp³-hybridized carbons (Fsp3) is 0.846. The fourth-order valence-electron chi connectivity index (χ4n) is 2.28. The molecule has 1 fully saturated rings. The number of carboxylic acid groups (broad SMARTS) is 1. The van der Waals surface area contributed by atoms with E-state index in [9.17, 15) is 14.7 Å². The van der Waals surface area contributed by atoms with Crippen molar-refractivity contribution < 1.29 is 19.8 Å². The quantitative estimate of drug-likeness (QED) is 0.693. The molecule has 0 aromatic carbocycles. The molecule has 1 aliphatic heterocycles. The summed E-state index contributed by atoms with van der Waals surface area (Å²) < 4.78 is 0. The summed E-state index contributed by atoms with van der Waals surface area (Å²) in [5.41, 5.74) is -0.832. The Balaban J connectivity index is 2.42. The van der Waals surface area contributed by atoms with Crippen molar-refractivity contribution in [3.05, 3.63) is 0 Å². The van der Waals surface area contributed by atoms with Gasteiger partial charge in [0.25, 0.3) is 0 Å². The molecule has 6 nitrogen and oxygen atoms in total. The standard InChI is InChI=1S/C13H24N2O4/c1-9(2)6-10(11(16)17)7-14-12(18)15-5-4-13(3,19)8-15/h9-10,19H,4-8H2,1-3H3,(H,14,18)(H,16,17). The van der Waals surface area contributed by atoms with E-state index in [1.54, 1.807) is 6.92 Å². The zero-order valence-corrected chi connectivity index (χ0v) is 11.8. The number of aliphatic hydroxyl groups is 1. The first-order chi connectivity index (χ1) is 8.71. The number of β-amino-alcohol motifs (C(OH)–C–C–N with tert-alkyl or cyclic N) is 1. The molecule has 3 N–H and O–H groups in total. The summed E-state index contributed by atoms with van der Waals surface area (Å²) >= 11 is 0. The van der Waals surface area contributed by atoms with Gasteiger partial charge < -0.3 is 20.4 Å². The van der Waals surface area contributed by atoms with E-state index in [1.807, 2.05) is 13.8 Å². The third kappa shape index (κ3) is 5.06. The summed E-state index contributed by atoms with van der Waals surface area (Å²) in [6.07, 6.45) is 1.09. The third-order valence-electron chi connectivity index (χ3n) is 3.34. The number of carbonyl (C=O) groups excluding carboxylic acids is 1. The van der Waals surface area contributed by atoms with Crippen LogP contribution in [0.15, 0.2) is 0 Å². The summed E-state index contributed by atoms with van der Waals surface area (Å²) in [6.45, 7) is 6.52. The van der Waals surface area contributed by atoms with Crippen molar-refractivity contribution in [2.45, 2.75) is 39.2 Å². The van der Waals surface area contributed by atoms with Crippen LogP contribution in [0.25, 0.3) is 0 Å². The van der Waals surface area contributed by atoms with E-state index in [0.717, 1.165) is 0 Å². The van der Waals surface area contributed by atoms with Crippen LogP contribution in [0.4, 0.5) is 4.79 Å². The third-order valence-corrected chi connectivity index (χ3v) is 3.34. The van der Waals surface area contributed by atoms with Gasteiger partial charge >= 0.3 is 12.0 Å². The van der Waals surface area contributed by atoms with E-state index >= 15 is 0 Å². The number of hydrogen-bond donors (Lipinski definition) is 3. The highest BCUT2D eigenvalue weighted by molar-refractivity contribution is 5.76. The predicted octanol–water partition coefficient (Wildman–Crippen LogP) is 0.900. The fourth-order valence-corrected chi connectivity index (χ4v) is 2.28. The van der Waals surface area contributed by atoms with Crippen LogP contribution in [0.1, 0.15) is 33.6 Å². The molecule has 2 atom stereocenters. The molecule has 2 amide bonds. The van der Waals surface area contributed by atoms with E-state index in [1.165, 1.54) is 4.90 Å². The Hall–Kier alpha value is -1.30. The topological polar surface area (TPSA) is 89.9 Å². The maximum Gasteiger partial charge on any atom is 0.317 e. The van der Waals surface area contributed by atoms with Gasteiger partial charge in [0.2, 0.25) is 0 Å². The number of rotatable bonds is 5.